The van der Waals surface area contributed by atoms with Crippen LogP contribution in [0.15, 0.2) is 79.1 Å². The van der Waals surface area contributed by atoms with Crippen molar-refractivity contribution in [3.05, 3.63) is 90.5 Å². The third-order valence-corrected chi connectivity index (χ3v) is 6.25. The summed E-state index contributed by atoms with van der Waals surface area (Å²) in [6, 6.07) is 20.4. The van der Waals surface area contributed by atoms with Gasteiger partial charge >= 0.3 is 0 Å². The summed E-state index contributed by atoms with van der Waals surface area (Å²) in [5, 5.41) is 6.97. The minimum atomic E-state index is -0.312. The van der Waals surface area contributed by atoms with Gasteiger partial charge in [0.25, 0.3) is 0 Å². The number of carbonyl (C=O) groups excluding carboxylic acids is 1. The van der Waals surface area contributed by atoms with Gasteiger partial charge in [-0.2, -0.15) is 5.10 Å². The largest absolute Gasteiger partial charge is 0.286 e. The zero-order chi connectivity index (χ0) is 21.2. The summed E-state index contributed by atoms with van der Waals surface area (Å²) in [5.41, 5.74) is 1.66. The van der Waals surface area contributed by atoms with Gasteiger partial charge in [0.1, 0.15) is 5.82 Å². The fourth-order valence-electron chi connectivity index (χ4n) is 3.67. The van der Waals surface area contributed by atoms with Crippen molar-refractivity contribution in [1.82, 2.24) is 14.8 Å². The maximum atomic E-state index is 13.7. The molecule has 5 nitrogen and oxygen atoms in total. The minimum Gasteiger partial charge on any atom is -0.286 e. The molecular weight excluding hydrogens is 411 g/mol. The molecule has 0 aliphatic rings. The van der Waals surface area contributed by atoms with Gasteiger partial charge in [-0.3, -0.25) is 14.4 Å². The standard InChI is InChI=1S/C24H19FN4OS/c25-19-9-10-21-22(16-19)31-24(27-21)29(14-13-28-12-4-11-26-28)23(30)15-18-7-3-6-17-5-1-2-8-20(17)18/h1-12,16H,13-15H2. The number of thiazole rings is 1. The number of anilines is 1. The first kappa shape index (κ1) is 19.4. The monoisotopic (exact) mass is 430 g/mol. The summed E-state index contributed by atoms with van der Waals surface area (Å²) >= 11 is 1.32. The molecule has 0 N–H and O–H groups in total. The van der Waals surface area contributed by atoms with Crippen molar-refractivity contribution in [2.24, 2.45) is 0 Å². The lowest BCUT2D eigenvalue weighted by molar-refractivity contribution is -0.118. The molecule has 3 aromatic carbocycles. The Morgan fingerprint density at radius 3 is 2.81 bits per heavy atom. The topological polar surface area (TPSA) is 51.0 Å². The second-order valence-corrected chi connectivity index (χ2v) is 8.25. The Hall–Kier alpha value is -3.58. The quantitative estimate of drug-likeness (QED) is 0.378. The molecule has 0 unspecified atom stereocenters. The molecular formula is C24H19FN4OS. The molecule has 154 valence electrons. The van der Waals surface area contributed by atoms with Crippen LogP contribution in [0, 0.1) is 5.82 Å². The van der Waals surface area contributed by atoms with Gasteiger partial charge in [0.15, 0.2) is 5.13 Å². The Morgan fingerprint density at radius 2 is 1.94 bits per heavy atom. The van der Waals surface area contributed by atoms with E-state index < -0.39 is 0 Å². The van der Waals surface area contributed by atoms with Crippen LogP contribution < -0.4 is 4.90 Å². The maximum absolute atomic E-state index is 13.7. The number of halogens is 1. The Bertz CT molecular complexity index is 1360. The highest BCUT2D eigenvalue weighted by atomic mass is 32.1. The third-order valence-electron chi connectivity index (χ3n) is 5.20. The molecule has 31 heavy (non-hydrogen) atoms. The van der Waals surface area contributed by atoms with Gasteiger partial charge in [-0.05, 0) is 40.6 Å². The van der Waals surface area contributed by atoms with Crippen molar-refractivity contribution >= 4 is 43.4 Å². The summed E-state index contributed by atoms with van der Waals surface area (Å²) in [5.74, 6) is -0.365. The molecule has 0 spiro atoms. The Morgan fingerprint density at radius 1 is 1.06 bits per heavy atom. The van der Waals surface area contributed by atoms with E-state index in [0.717, 1.165) is 21.0 Å². The lowest BCUT2D eigenvalue weighted by atomic mass is 10.0. The van der Waals surface area contributed by atoms with Crippen molar-refractivity contribution in [2.45, 2.75) is 13.0 Å². The summed E-state index contributed by atoms with van der Waals surface area (Å²) in [6.07, 6.45) is 3.83. The molecule has 1 amide bonds. The first-order valence-corrected chi connectivity index (χ1v) is 10.8. The number of hydrogen-bond acceptors (Lipinski definition) is 4. The molecule has 2 aromatic heterocycles. The molecule has 0 atom stereocenters. The van der Waals surface area contributed by atoms with Crippen LogP contribution in [0.5, 0.6) is 0 Å². The molecule has 0 radical (unpaired) electrons. The number of amides is 1. The number of nitrogens with zero attached hydrogens (tertiary/aromatic N) is 4. The normalized spacial score (nSPS) is 11.3. The van der Waals surface area contributed by atoms with E-state index in [2.05, 4.69) is 10.1 Å². The predicted octanol–water partition coefficient (Wildman–Crippen LogP) is 5.06. The van der Waals surface area contributed by atoms with Crippen LogP contribution in [-0.4, -0.2) is 27.2 Å². The maximum Gasteiger partial charge on any atom is 0.233 e. The van der Waals surface area contributed by atoms with Crippen LogP contribution in [0.4, 0.5) is 9.52 Å². The van der Waals surface area contributed by atoms with Crippen LogP contribution in [0.3, 0.4) is 0 Å². The first-order chi connectivity index (χ1) is 15.2. The molecule has 0 saturated heterocycles. The minimum absolute atomic E-state index is 0.0527. The summed E-state index contributed by atoms with van der Waals surface area (Å²) < 4.78 is 16.2. The van der Waals surface area contributed by atoms with Gasteiger partial charge in [0, 0.05) is 18.9 Å². The van der Waals surface area contributed by atoms with E-state index >= 15 is 0 Å². The average Bonchev–Trinajstić information content (AvgIpc) is 3.44. The van der Waals surface area contributed by atoms with Crippen molar-refractivity contribution in [2.75, 3.05) is 11.4 Å². The molecule has 2 heterocycles. The zero-order valence-electron chi connectivity index (χ0n) is 16.6. The molecule has 0 aliphatic carbocycles. The molecule has 5 rings (SSSR count). The molecule has 7 heteroatoms. The number of rotatable bonds is 6. The van der Waals surface area contributed by atoms with Crippen LogP contribution in [0.2, 0.25) is 0 Å². The predicted molar refractivity (Wildman–Crippen MR) is 122 cm³/mol. The van der Waals surface area contributed by atoms with E-state index in [1.807, 2.05) is 54.7 Å². The van der Waals surface area contributed by atoms with Gasteiger partial charge in [0.2, 0.25) is 5.91 Å². The van der Waals surface area contributed by atoms with E-state index in [1.54, 1.807) is 21.8 Å². The van der Waals surface area contributed by atoms with Gasteiger partial charge in [-0.1, -0.05) is 53.8 Å². The van der Waals surface area contributed by atoms with Crippen LogP contribution in [-0.2, 0) is 17.8 Å². The lowest BCUT2D eigenvalue weighted by Crippen LogP contribution is -2.35. The molecule has 0 bridgehead atoms. The lowest BCUT2D eigenvalue weighted by Gasteiger charge is -2.20. The zero-order valence-corrected chi connectivity index (χ0v) is 17.4. The molecule has 5 aromatic rings. The van der Waals surface area contributed by atoms with Gasteiger partial charge in [-0.25, -0.2) is 9.37 Å². The van der Waals surface area contributed by atoms with Gasteiger partial charge < -0.3 is 0 Å². The number of benzene rings is 3. The van der Waals surface area contributed by atoms with Crippen LogP contribution in [0.1, 0.15) is 5.56 Å². The SMILES string of the molecule is O=C(Cc1cccc2ccccc12)N(CCn1cccn1)c1nc2ccc(F)cc2s1. The van der Waals surface area contributed by atoms with E-state index in [4.69, 9.17) is 0 Å². The van der Waals surface area contributed by atoms with Crippen molar-refractivity contribution in [1.29, 1.82) is 0 Å². The van der Waals surface area contributed by atoms with Crippen LogP contribution >= 0.6 is 11.3 Å². The van der Waals surface area contributed by atoms with E-state index in [9.17, 15) is 9.18 Å². The van der Waals surface area contributed by atoms with E-state index in [1.165, 1.54) is 23.5 Å². The summed E-state index contributed by atoms with van der Waals surface area (Å²) in [6.45, 7) is 0.964. The Balaban J connectivity index is 1.48. The smallest absolute Gasteiger partial charge is 0.233 e. The summed E-state index contributed by atoms with van der Waals surface area (Å²) in [7, 11) is 0. The second kappa shape index (κ2) is 8.28. The number of fused-ring (bicyclic) bond motifs is 2. The highest BCUT2D eigenvalue weighted by Crippen LogP contribution is 2.30. The molecule has 0 saturated carbocycles. The van der Waals surface area contributed by atoms with Crippen LogP contribution in [0.25, 0.3) is 21.0 Å². The summed E-state index contributed by atoms with van der Waals surface area (Å²) in [4.78, 5) is 19.7. The van der Waals surface area contributed by atoms with Gasteiger partial charge in [-0.15, -0.1) is 0 Å². The highest BCUT2D eigenvalue weighted by molar-refractivity contribution is 7.22. The Kier molecular flexibility index (Phi) is 5.18. The number of hydrogen-bond donors (Lipinski definition) is 0. The van der Waals surface area contributed by atoms with Crippen molar-refractivity contribution in [3.63, 3.8) is 0 Å². The van der Waals surface area contributed by atoms with E-state index in [-0.39, 0.29) is 18.1 Å². The fourth-order valence-corrected chi connectivity index (χ4v) is 4.70. The second-order valence-electron chi connectivity index (χ2n) is 7.24. The Labute approximate surface area is 182 Å². The van der Waals surface area contributed by atoms with Crippen molar-refractivity contribution < 1.29 is 9.18 Å². The third kappa shape index (κ3) is 4.04. The number of carbonyl (C=O) groups is 1. The molecule has 0 fully saturated rings. The average molecular weight is 431 g/mol. The first-order valence-electron chi connectivity index (χ1n) is 9.98. The van der Waals surface area contributed by atoms with Gasteiger partial charge in [0.05, 0.1) is 23.2 Å². The molecule has 0 aliphatic heterocycles. The van der Waals surface area contributed by atoms with Crippen molar-refractivity contribution in [3.8, 4) is 0 Å². The number of aromatic nitrogens is 3. The van der Waals surface area contributed by atoms with E-state index in [0.29, 0.717) is 23.7 Å². The highest BCUT2D eigenvalue weighted by Gasteiger charge is 2.21. The fraction of sp³-hybridized carbons (Fsp3) is 0.125.